The second kappa shape index (κ2) is 16.6. The van der Waals surface area contributed by atoms with Crippen LogP contribution in [-0.2, 0) is 17.9 Å². The molecule has 1 unspecified atom stereocenters. The number of hydrogen-bond donors (Lipinski definition) is 1. The molecule has 1 fully saturated rings. The summed E-state index contributed by atoms with van der Waals surface area (Å²) in [5, 5.41) is 12.9. The topological polar surface area (TPSA) is 118 Å². The van der Waals surface area contributed by atoms with E-state index in [-0.39, 0.29) is 5.91 Å². The molecule has 240 valence electrons. The Morgan fingerprint density at radius 1 is 1.04 bits per heavy atom. The summed E-state index contributed by atoms with van der Waals surface area (Å²) in [5.41, 5.74) is 1.93. The van der Waals surface area contributed by atoms with Crippen LogP contribution in [0.3, 0.4) is 0 Å². The van der Waals surface area contributed by atoms with Crippen molar-refractivity contribution in [2.24, 2.45) is 0 Å². The molecule has 12 heteroatoms. The Morgan fingerprint density at radius 3 is 2.76 bits per heavy atom. The lowest BCUT2D eigenvalue weighted by Gasteiger charge is -2.10. The number of fused-ring (bicyclic) bond motifs is 1. The van der Waals surface area contributed by atoms with Gasteiger partial charge in [-0.3, -0.25) is 9.48 Å². The Kier molecular flexibility index (Phi) is 12.1. The van der Waals surface area contributed by atoms with Crippen molar-refractivity contribution < 1.29 is 23.4 Å². The van der Waals surface area contributed by atoms with Crippen molar-refractivity contribution >= 4 is 38.5 Å². The van der Waals surface area contributed by atoms with Gasteiger partial charge in [0.05, 0.1) is 39.1 Å². The summed E-state index contributed by atoms with van der Waals surface area (Å²) in [7, 11) is 7.09. The summed E-state index contributed by atoms with van der Waals surface area (Å²) < 4.78 is 24.0. The molecule has 5 rings (SSSR count). The van der Waals surface area contributed by atoms with Crippen LogP contribution in [0.4, 0.5) is 0 Å². The molecule has 1 atom stereocenters. The van der Waals surface area contributed by atoms with Crippen molar-refractivity contribution in [3.05, 3.63) is 64.8 Å². The summed E-state index contributed by atoms with van der Waals surface area (Å²) in [4.78, 5) is 25.0. The number of carbonyl (C=O) groups is 1. The van der Waals surface area contributed by atoms with E-state index < -0.39 is 5.63 Å². The second-order valence-electron chi connectivity index (χ2n) is 11.0. The number of hydrogen-bond acceptors (Lipinski definition) is 10. The van der Waals surface area contributed by atoms with Gasteiger partial charge in [0.2, 0.25) is 5.91 Å². The average molecular weight is 653 g/mol. The summed E-state index contributed by atoms with van der Waals surface area (Å²) in [5.74, 6) is 3.11. The molecular formula is C33H40N4O6S2. The van der Waals surface area contributed by atoms with Crippen LogP contribution in [0.25, 0.3) is 22.1 Å². The van der Waals surface area contributed by atoms with Crippen LogP contribution in [-0.4, -0.2) is 52.7 Å². The zero-order valence-electron chi connectivity index (χ0n) is 25.8. The lowest BCUT2D eigenvalue weighted by molar-refractivity contribution is -0.121. The van der Waals surface area contributed by atoms with Crippen molar-refractivity contribution in [2.75, 3.05) is 26.6 Å². The van der Waals surface area contributed by atoms with Gasteiger partial charge in [-0.05, 0) is 74.4 Å². The quantitative estimate of drug-likeness (QED) is 0.0755. The van der Waals surface area contributed by atoms with Crippen LogP contribution in [0.15, 0.2) is 57.9 Å². The molecule has 1 amide bonds. The van der Waals surface area contributed by atoms with E-state index in [4.69, 9.17) is 18.6 Å². The smallest absolute Gasteiger partial charge is 0.344 e. The number of benzene rings is 2. The van der Waals surface area contributed by atoms with Crippen molar-refractivity contribution in [1.82, 2.24) is 20.3 Å². The predicted octanol–water partition coefficient (Wildman–Crippen LogP) is 6.65. The van der Waals surface area contributed by atoms with E-state index in [1.807, 2.05) is 50.7 Å². The number of nitrogens with zero attached hydrogens (tertiary/aromatic N) is 3. The van der Waals surface area contributed by atoms with Crippen LogP contribution >= 0.6 is 21.6 Å². The Bertz CT molecular complexity index is 1620. The van der Waals surface area contributed by atoms with E-state index in [1.54, 1.807) is 38.5 Å². The maximum atomic E-state index is 12.8. The van der Waals surface area contributed by atoms with Gasteiger partial charge in [-0.2, -0.15) is 0 Å². The molecule has 0 spiro atoms. The van der Waals surface area contributed by atoms with E-state index in [9.17, 15) is 9.59 Å². The van der Waals surface area contributed by atoms with Crippen LogP contribution in [0.2, 0.25) is 0 Å². The lowest BCUT2D eigenvalue weighted by atomic mass is 10.1. The maximum Gasteiger partial charge on any atom is 0.344 e. The number of carbonyl (C=O) groups excluding carboxylic acids is 1. The van der Waals surface area contributed by atoms with Gasteiger partial charge in [-0.25, -0.2) is 4.79 Å². The molecule has 3 heterocycles. The molecule has 1 saturated heterocycles. The maximum absolute atomic E-state index is 12.8. The number of ether oxygens (including phenoxy) is 3. The van der Waals surface area contributed by atoms with Crippen molar-refractivity contribution in [3.8, 4) is 28.4 Å². The van der Waals surface area contributed by atoms with Gasteiger partial charge in [-0.15, -0.1) is 5.10 Å². The molecular weight excluding hydrogens is 613 g/mol. The van der Waals surface area contributed by atoms with Crippen molar-refractivity contribution in [3.63, 3.8) is 0 Å². The third-order valence-corrected chi connectivity index (χ3v) is 10.7. The van der Waals surface area contributed by atoms with Gasteiger partial charge in [0.15, 0.2) is 11.5 Å². The Morgan fingerprint density at radius 2 is 1.93 bits per heavy atom. The zero-order chi connectivity index (χ0) is 31.4. The highest BCUT2D eigenvalue weighted by molar-refractivity contribution is 8.77. The predicted molar refractivity (Wildman–Crippen MR) is 179 cm³/mol. The van der Waals surface area contributed by atoms with Gasteiger partial charge >= 0.3 is 5.63 Å². The molecule has 0 aliphatic carbocycles. The summed E-state index contributed by atoms with van der Waals surface area (Å²) in [6.45, 7) is 1.71. The first-order valence-corrected chi connectivity index (χ1v) is 17.8. The molecule has 10 nitrogen and oxygen atoms in total. The number of aromatic nitrogens is 3. The number of methoxy groups -OCH3 is 2. The van der Waals surface area contributed by atoms with Gasteiger partial charge in [-0.1, -0.05) is 39.3 Å². The fraction of sp³-hybridized carbons (Fsp3) is 0.455. The minimum absolute atomic E-state index is 0.0749. The molecule has 4 aromatic rings. The fourth-order valence-corrected chi connectivity index (χ4v) is 8.18. The third-order valence-electron chi connectivity index (χ3n) is 7.66. The zero-order valence-corrected chi connectivity index (χ0v) is 27.4. The van der Waals surface area contributed by atoms with E-state index >= 15 is 0 Å². The monoisotopic (exact) mass is 652 g/mol. The van der Waals surface area contributed by atoms with Crippen molar-refractivity contribution in [1.29, 1.82) is 0 Å². The van der Waals surface area contributed by atoms with Gasteiger partial charge in [0.25, 0.3) is 0 Å². The molecule has 1 aliphatic rings. The normalized spacial score (nSPS) is 14.5. The molecule has 2 aromatic heterocycles. The molecule has 1 aliphatic heterocycles. The van der Waals surface area contributed by atoms with Crippen LogP contribution in [0.1, 0.15) is 57.1 Å². The third kappa shape index (κ3) is 9.43. The summed E-state index contributed by atoms with van der Waals surface area (Å²) in [6.07, 6.45) is 9.77. The number of rotatable bonds is 17. The van der Waals surface area contributed by atoms with Crippen molar-refractivity contribution in [2.45, 2.75) is 69.7 Å². The number of nitrogens with one attached hydrogen (secondary N) is 1. The fourth-order valence-electron chi connectivity index (χ4n) is 5.16. The molecule has 1 N–H and O–H groups in total. The first kappa shape index (κ1) is 32.7. The van der Waals surface area contributed by atoms with Gasteiger partial charge < -0.3 is 23.9 Å². The Balaban J connectivity index is 0.995. The summed E-state index contributed by atoms with van der Waals surface area (Å²) >= 11 is 0. The highest BCUT2D eigenvalue weighted by Crippen LogP contribution is 2.40. The molecule has 45 heavy (non-hydrogen) atoms. The molecule has 0 saturated carbocycles. The van der Waals surface area contributed by atoms with E-state index in [0.29, 0.717) is 53.5 Å². The Labute approximate surface area is 271 Å². The van der Waals surface area contributed by atoms with Crippen LogP contribution in [0, 0.1) is 0 Å². The lowest BCUT2D eigenvalue weighted by Crippen LogP contribution is -2.22. The Hall–Kier alpha value is -3.64. The number of unbranched alkanes of at least 4 members (excludes halogenated alkanes) is 3. The molecule has 2 aromatic carbocycles. The number of aryl methyl sites for hydroxylation is 1. The number of amides is 1. The highest BCUT2D eigenvalue weighted by Gasteiger charge is 2.16. The minimum Gasteiger partial charge on any atom is -0.493 e. The molecule has 0 bridgehead atoms. The first-order chi connectivity index (χ1) is 22.0. The van der Waals surface area contributed by atoms with Gasteiger partial charge in [0, 0.05) is 35.4 Å². The van der Waals surface area contributed by atoms with Crippen LogP contribution < -0.4 is 25.2 Å². The van der Waals surface area contributed by atoms with E-state index in [0.717, 1.165) is 55.0 Å². The van der Waals surface area contributed by atoms with E-state index in [2.05, 4.69) is 15.6 Å². The van der Waals surface area contributed by atoms with Crippen LogP contribution in [0.5, 0.6) is 17.2 Å². The molecule has 0 radical (unpaired) electrons. The largest absolute Gasteiger partial charge is 0.493 e. The standard InChI is InChI=1S/C33H40N4O6S2/c1-40-29-13-11-23(19-31(29)41-2)28-18-24-10-12-26(20-30(24)43-33(28)39)42-16-7-3-6-15-37-22-25(35-36-37)21-34-32(38)9-5-4-8-27-14-17-44-45-27/h10-13,18-20,22,27H,3-9,14-17,21H2,1-2H3,(H,34,38). The van der Waals surface area contributed by atoms with Gasteiger partial charge in [0.1, 0.15) is 17.0 Å². The highest BCUT2D eigenvalue weighted by atomic mass is 33.1. The second-order valence-corrected chi connectivity index (χ2v) is 13.7. The average Bonchev–Trinajstić information content (AvgIpc) is 3.75. The SMILES string of the molecule is COc1ccc(-c2cc3ccc(OCCCCCn4cc(CNC(=O)CCCCC5CCSS5)nn4)cc3oc2=O)cc1OC. The first-order valence-electron chi connectivity index (χ1n) is 15.4. The van der Waals surface area contributed by atoms with E-state index in [1.165, 1.54) is 18.6 Å². The minimum atomic E-state index is -0.436. The summed E-state index contributed by atoms with van der Waals surface area (Å²) in [6, 6.07) is 12.7.